The average molecular weight is 681 g/mol. The minimum absolute atomic E-state index is 0.0377. The molecule has 2 atom stereocenters. The second-order valence-electron chi connectivity index (χ2n) is 12.3. The summed E-state index contributed by atoms with van der Waals surface area (Å²) in [6, 6.07) is 37.7. The molecule has 0 bridgehead atoms. The van der Waals surface area contributed by atoms with Gasteiger partial charge in [0, 0.05) is 35.6 Å². The molecule has 0 radical (unpaired) electrons. The van der Waals surface area contributed by atoms with Crippen LogP contribution in [0.3, 0.4) is 0 Å². The fourth-order valence-corrected chi connectivity index (χ4v) is 6.74. The summed E-state index contributed by atoms with van der Waals surface area (Å²) >= 11 is 0. The lowest BCUT2D eigenvalue weighted by atomic mass is 9.81. The molecule has 11 heteroatoms. The largest absolute Gasteiger partial charge is 0.497 e. The molecular weight excluding hydrogens is 644 g/mol. The first kappa shape index (κ1) is 33.4. The van der Waals surface area contributed by atoms with Gasteiger partial charge in [0.25, 0.3) is 5.91 Å². The van der Waals surface area contributed by atoms with Crippen molar-refractivity contribution in [1.82, 2.24) is 10.9 Å². The van der Waals surface area contributed by atoms with E-state index in [0.717, 1.165) is 22.3 Å². The van der Waals surface area contributed by atoms with Crippen molar-refractivity contribution in [3.8, 4) is 22.6 Å². The zero-order valence-electron chi connectivity index (χ0n) is 27.9. The van der Waals surface area contributed by atoms with Crippen LogP contribution in [-0.2, 0) is 16.0 Å². The number of fused-ring (bicyclic) bond motifs is 3. The molecule has 5 aromatic carbocycles. The fraction of sp³-hybridized carbons (Fsp3) is 0.200. The highest BCUT2D eigenvalue weighted by Gasteiger charge is 2.54. The maximum absolute atomic E-state index is 15.0. The number of hydrogen-bond acceptors (Lipinski definition) is 8. The first-order valence-corrected chi connectivity index (χ1v) is 16.7. The predicted molar refractivity (Wildman–Crippen MR) is 194 cm³/mol. The number of aliphatic imine (C=N–C) groups is 1. The molecule has 0 unspecified atom stereocenters. The van der Waals surface area contributed by atoms with Gasteiger partial charge in [0.1, 0.15) is 11.5 Å². The number of nitrogens with zero attached hydrogens (tertiary/aromatic N) is 4. The summed E-state index contributed by atoms with van der Waals surface area (Å²) in [7, 11) is 1.58. The number of aliphatic hydroxyl groups is 1. The number of benzene rings is 5. The summed E-state index contributed by atoms with van der Waals surface area (Å²) < 4.78 is 18.0. The van der Waals surface area contributed by atoms with E-state index in [1.54, 1.807) is 31.4 Å². The van der Waals surface area contributed by atoms with Crippen LogP contribution in [0.5, 0.6) is 11.5 Å². The van der Waals surface area contributed by atoms with E-state index in [-0.39, 0.29) is 25.0 Å². The van der Waals surface area contributed by atoms with E-state index in [4.69, 9.17) is 24.3 Å². The zero-order valence-corrected chi connectivity index (χ0v) is 27.9. The molecule has 2 aliphatic rings. The Morgan fingerprint density at radius 2 is 1.63 bits per heavy atom. The summed E-state index contributed by atoms with van der Waals surface area (Å²) in [5.74, 6) is 1.04. The Balaban J connectivity index is 1.32. The fourth-order valence-electron chi connectivity index (χ4n) is 6.74. The second kappa shape index (κ2) is 14.8. The van der Waals surface area contributed by atoms with E-state index in [1.165, 1.54) is 0 Å². The number of hydrazine groups is 1. The SMILES string of the molecule is COc1cccc([C@@H]2OC(c3ccc(OCCCO)cc3)=N[C@]2(Cc2ccccc2N=[N+]=[N-])C(=O)NNC2c3ccccc3-c3ccccc32)c1. The molecule has 0 fully saturated rings. The Morgan fingerprint density at radius 3 is 2.33 bits per heavy atom. The number of carbonyl (C=O) groups excluding carboxylic acids is 1. The lowest BCUT2D eigenvalue weighted by Gasteiger charge is -2.32. The van der Waals surface area contributed by atoms with Gasteiger partial charge in [-0.25, -0.2) is 10.4 Å². The third-order valence-electron chi connectivity index (χ3n) is 9.19. The van der Waals surface area contributed by atoms with E-state index in [9.17, 15) is 5.53 Å². The maximum atomic E-state index is 15.0. The van der Waals surface area contributed by atoms with Gasteiger partial charge in [-0.05, 0) is 75.3 Å². The van der Waals surface area contributed by atoms with Crippen LogP contribution in [-0.4, -0.2) is 42.8 Å². The number of hydrogen-bond donors (Lipinski definition) is 3. The molecule has 256 valence electrons. The number of nitrogens with one attached hydrogen (secondary N) is 2. The van der Waals surface area contributed by atoms with Crippen LogP contribution in [0, 0.1) is 0 Å². The van der Waals surface area contributed by atoms with Gasteiger partial charge >= 0.3 is 0 Å². The van der Waals surface area contributed by atoms with Crippen molar-refractivity contribution < 1.29 is 24.1 Å². The van der Waals surface area contributed by atoms with Crippen molar-refractivity contribution in [1.29, 1.82) is 0 Å². The third-order valence-corrected chi connectivity index (χ3v) is 9.19. The Morgan fingerprint density at radius 1 is 0.922 bits per heavy atom. The van der Waals surface area contributed by atoms with Gasteiger partial charge in [-0.2, -0.15) is 0 Å². The highest BCUT2D eigenvalue weighted by molar-refractivity contribution is 6.01. The molecule has 3 N–H and O–H groups in total. The number of methoxy groups -OCH3 is 1. The van der Waals surface area contributed by atoms with Gasteiger partial charge in [0.05, 0.1) is 19.8 Å². The zero-order chi connectivity index (χ0) is 35.2. The smallest absolute Gasteiger partial charge is 0.266 e. The summed E-state index contributed by atoms with van der Waals surface area (Å²) in [6.45, 7) is 0.415. The molecule has 0 saturated carbocycles. The third kappa shape index (κ3) is 6.61. The number of ether oxygens (including phenoxy) is 3. The van der Waals surface area contributed by atoms with Crippen LogP contribution in [0.2, 0.25) is 0 Å². The lowest BCUT2D eigenvalue weighted by Crippen LogP contribution is -2.54. The highest BCUT2D eigenvalue weighted by Crippen LogP contribution is 2.46. The Labute approximate surface area is 295 Å². The normalized spacial score (nSPS) is 17.4. The molecular formula is C40H36N6O5. The first-order valence-electron chi connectivity index (χ1n) is 16.7. The second-order valence-corrected chi connectivity index (χ2v) is 12.3. The van der Waals surface area contributed by atoms with Gasteiger partial charge in [0.15, 0.2) is 11.6 Å². The van der Waals surface area contributed by atoms with Crippen LogP contribution >= 0.6 is 0 Å². The van der Waals surface area contributed by atoms with E-state index in [2.05, 4.69) is 45.1 Å². The monoisotopic (exact) mass is 680 g/mol. The standard InChI is InChI=1S/C40H36N6O5/c1-49-30-12-8-11-27(24-30)37-40(25-28-10-2-7-17-35(28)43-46-41,42-38(51-37)26-18-20-29(21-19-26)50-23-9-22-47)39(48)45-44-36-33-15-5-3-13-31(33)32-14-4-6-16-34(32)36/h2-8,10-21,24,36-37,44,47H,9,22-23,25H2,1H3,(H,45,48)/t37-,40-/m0/s1. The molecule has 11 nitrogen and oxygen atoms in total. The van der Waals surface area contributed by atoms with Gasteiger partial charge in [-0.15, -0.1) is 0 Å². The van der Waals surface area contributed by atoms with Crippen molar-refractivity contribution in [2.75, 3.05) is 20.3 Å². The number of carbonyl (C=O) groups is 1. The molecule has 5 aromatic rings. The molecule has 0 saturated heterocycles. The highest BCUT2D eigenvalue weighted by atomic mass is 16.5. The van der Waals surface area contributed by atoms with Gasteiger partial charge in [-0.3, -0.25) is 10.2 Å². The van der Waals surface area contributed by atoms with E-state index in [0.29, 0.717) is 46.9 Å². The topological polar surface area (TPSA) is 150 Å². The van der Waals surface area contributed by atoms with Crippen molar-refractivity contribution in [2.24, 2.45) is 10.1 Å². The van der Waals surface area contributed by atoms with E-state index in [1.807, 2.05) is 72.8 Å². The van der Waals surface area contributed by atoms with Gasteiger partial charge < -0.3 is 19.3 Å². The molecule has 1 aliphatic carbocycles. The average Bonchev–Trinajstić information content (AvgIpc) is 3.72. The number of aliphatic hydroxyl groups excluding tert-OH is 1. The van der Waals surface area contributed by atoms with Crippen molar-refractivity contribution in [3.05, 3.63) is 160 Å². The molecule has 0 spiro atoms. The van der Waals surface area contributed by atoms with Crippen LogP contribution < -0.4 is 20.3 Å². The molecule has 1 amide bonds. The Hall–Kier alpha value is -6.13. The summed E-state index contributed by atoms with van der Waals surface area (Å²) in [6.07, 6.45) is -0.352. The molecule has 0 aromatic heterocycles. The van der Waals surface area contributed by atoms with E-state index >= 15 is 4.79 Å². The minimum atomic E-state index is -1.58. The molecule has 51 heavy (non-hydrogen) atoms. The Bertz CT molecular complexity index is 2080. The van der Waals surface area contributed by atoms with Crippen LogP contribution in [0.4, 0.5) is 5.69 Å². The van der Waals surface area contributed by atoms with Gasteiger partial charge in [0.2, 0.25) is 5.90 Å². The predicted octanol–water partition coefficient (Wildman–Crippen LogP) is 7.29. The van der Waals surface area contributed by atoms with Crippen LogP contribution in [0.15, 0.2) is 131 Å². The van der Waals surface area contributed by atoms with Crippen molar-refractivity contribution in [3.63, 3.8) is 0 Å². The quantitative estimate of drug-likeness (QED) is 0.0391. The molecule has 1 heterocycles. The number of rotatable bonds is 13. The first-order chi connectivity index (χ1) is 25.0. The summed E-state index contributed by atoms with van der Waals surface area (Å²) in [5, 5.41) is 13.1. The van der Waals surface area contributed by atoms with Crippen molar-refractivity contribution >= 4 is 17.5 Å². The van der Waals surface area contributed by atoms with Crippen molar-refractivity contribution in [2.45, 2.75) is 30.5 Å². The number of amides is 1. The lowest BCUT2D eigenvalue weighted by molar-refractivity contribution is -0.130. The minimum Gasteiger partial charge on any atom is -0.497 e. The maximum Gasteiger partial charge on any atom is 0.266 e. The summed E-state index contributed by atoms with van der Waals surface area (Å²) in [4.78, 5) is 23.2. The van der Waals surface area contributed by atoms with Gasteiger partial charge in [-0.1, -0.05) is 90.0 Å². The number of azide groups is 1. The molecule has 1 aliphatic heterocycles. The Kier molecular flexibility index (Phi) is 9.67. The van der Waals surface area contributed by atoms with Crippen LogP contribution in [0.1, 0.15) is 46.4 Å². The molecule has 7 rings (SSSR count). The summed E-state index contributed by atoms with van der Waals surface area (Å²) in [5.41, 5.74) is 20.8. The van der Waals surface area contributed by atoms with Crippen LogP contribution in [0.25, 0.3) is 21.6 Å². The van der Waals surface area contributed by atoms with E-state index < -0.39 is 17.6 Å².